The summed E-state index contributed by atoms with van der Waals surface area (Å²) in [4.78, 5) is 13.8. The van der Waals surface area contributed by atoms with Crippen molar-refractivity contribution in [3.05, 3.63) is 35.6 Å². The molecule has 1 aromatic rings. The smallest absolute Gasteiger partial charge is 0.238 e. The van der Waals surface area contributed by atoms with Gasteiger partial charge in [-0.25, -0.2) is 4.39 Å². The van der Waals surface area contributed by atoms with E-state index >= 15 is 0 Å². The van der Waals surface area contributed by atoms with Crippen molar-refractivity contribution in [3.8, 4) is 0 Å². The quantitative estimate of drug-likeness (QED) is 0.902. The van der Waals surface area contributed by atoms with Gasteiger partial charge in [-0.1, -0.05) is 18.2 Å². The summed E-state index contributed by atoms with van der Waals surface area (Å²) in [6, 6.07) is 6.51. The topological polar surface area (TPSA) is 50.8 Å². The standard InChI is InChI=1S/C15H19FN2O3/c1-20-15(6-7-21-10-15)9-18-13(19)8-17-14(18)11-4-2-3-5-12(11)16/h2-5,14,17H,6-10H2,1H3. The Balaban J connectivity index is 1.85. The van der Waals surface area contributed by atoms with E-state index in [-0.39, 0.29) is 18.3 Å². The van der Waals surface area contributed by atoms with Gasteiger partial charge in [0.15, 0.2) is 0 Å². The van der Waals surface area contributed by atoms with Crippen LogP contribution in [0.1, 0.15) is 18.2 Å². The lowest BCUT2D eigenvalue weighted by Crippen LogP contribution is -2.47. The minimum absolute atomic E-state index is 0.0495. The maximum absolute atomic E-state index is 14.0. The van der Waals surface area contributed by atoms with Crippen molar-refractivity contribution < 1.29 is 18.7 Å². The maximum Gasteiger partial charge on any atom is 0.238 e. The van der Waals surface area contributed by atoms with Crippen LogP contribution in [0.2, 0.25) is 0 Å². The molecule has 0 bridgehead atoms. The third-order valence-corrected chi connectivity index (χ3v) is 4.24. The molecule has 21 heavy (non-hydrogen) atoms. The molecule has 1 N–H and O–H groups in total. The highest BCUT2D eigenvalue weighted by molar-refractivity contribution is 5.81. The largest absolute Gasteiger partial charge is 0.378 e. The number of rotatable bonds is 4. The van der Waals surface area contributed by atoms with Crippen molar-refractivity contribution >= 4 is 5.91 Å². The molecule has 2 atom stereocenters. The lowest BCUT2D eigenvalue weighted by Gasteiger charge is -2.34. The van der Waals surface area contributed by atoms with Crippen molar-refractivity contribution in [3.63, 3.8) is 0 Å². The maximum atomic E-state index is 14.0. The Bertz CT molecular complexity index is 531. The van der Waals surface area contributed by atoms with Crippen LogP contribution >= 0.6 is 0 Å². The van der Waals surface area contributed by atoms with E-state index in [9.17, 15) is 9.18 Å². The number of carbonyl (C=O) groups excluding carboxylic acids is 1. The van der Waals surface area contributed by atoms with Gasteiger partial charge < -0.3 is 14.4 Å². The Morgan fingerprint density at radius 1 is 1.52 bits per heavy atom. The van der Waals surface area contributed by atoms with Crippen LogP contribution in [-0.4, -0.2) is 49.8 Å². The summed E-state index contributed by atoms with van der Waals surface area (Å²) in [7, 11) is 1.63. The minimum atomic E-state index is -0.495. The normalized spacial score (nSPS) is 29.3. The molecule has 2 aliphatic rings. The van der Waals surface area contributed by atoms with E-state index in [1.165, 1.54) is 6.07 Å². The summed E-state index contributed by atoms with van der Waals surface area (Å²) < 4.78 is 25.0. The number of methoxy groups -OCH3 is 1. The van der Waals surface area contributed by atoms with Crippen LogP contribution in [0.3, 0.4) is 0 Å². The van der Waals surface area contributed by atoms with Crippen molar-refractivity contribution in [2.45, 2.75) is 18.2 Å². The summed E-state index contributed by atoms with van der Waals surface area (Å²) in [5, 5.41) is 3.07. The molecule has 114 valence electrons. The van der Waals surface area contributed by atoms with Gasteiger partial charge in [-0.2, -0.15) is 0 Å². The molecular weight excluding hydrogens is 275 g/mol. The van der Waals surface area contributed by atoms with Gasteiger partial charge in [0, 0.05) is 25.7 Å². The zero-order valence-corrected chi connectivity index (χ0v) is 12.0. The van der Waals surface area contributed by atoms with Gasteiger partial charge in [-0.3, -0.25) is 10.1 Å². The fourth-order valence-electron chi connectivity index (χ4n) is 2.94. The second-order valence-corrected chi connectivity index (χ2v) is 5.52. The molecular formula is C15H19FN2O3. The van der Waals surface area contributed by atoms with Gasteiger partial charge in [0.1, 0.15) is 17.6 Å². The molecule has 0 aromatic heterocycles. The molecule has 2 fully saturated rings. The molecule has 2 heterocycles. The molecule has 0 aliphatic carbocycles. The number of benzene rings is 1. The van der Waals surface area contributed by atoms with Gasteiger partial charge in [0.25, 0.3) is 0 Å². The van der Waals surface area contributed by atoms with E-state index < -0.39 is 11.8 Å². The first-order valence-corrected chi connectivity index (χ1v) is 7.05. The van der Waals surface area contributed by atoms with Gasteiger partial charge in [-0.05, 0) is 6.07 Å². The number of hydrogen-bond acceptors (Lipinski definition) is 4. The minimum Gasteiger partial charge on any atom is -0.378 e. The summed E-state index contributed by atoms with van der Waals surface area (Å²) in [6.45, 7) is 1.68. The summed E-state index contributed by atoms with van der Waals surface area (Å²) in [5.74, 6) is -0.365. The molecule has 0 spiro atoms. The molecule has 0 radical (unpaired) electrons. The van der Waals surface area contributed by atoms with Crippen LogP contribution in [0.4, 0.5) is 4.39 Å². The molecule has 2 unspecified atom stereocenters. The lowest BCUT2D eigenvalue weighted by molar-refractivity contribution is -0.133. The number of amides is 1. The van der Waals surface area contributed by atoms with E-state index in [1.807, 2.05) is 0 Å². The number of nitrogens with one attached hydrogen (secondary N) is 1. The molecule has 1 amide bonds. The number of nitrogens with zero attached hydrogens (tertiary/aromatic N) is 1. The first-order valence-electron chi connectivity index (χ1n) is 7.05. The third kappa shape index (κ3) is 2.66. The molecule has 5 nitrogen and oxygen atoms in total. The van der Waals surface area contributed by atoms with Crippen LogP contribution < -0.4 is 5.32 Å². The van der Waals surface area contributed by atoms with E-state index in [2.05, 4.69) is 5.32 Å². The van der Waals surface area contributed by atoms with E-state index in [0.717, 1.165) is 6.42 Å². The number of ether oxygens (including phenoxy) is 2. The monoisotopic (exact) mass is 294 g/mol. The highest BCUT2D eigenvalue weighted by atomic mass is 19.1. The van der Waals surface area contributed by atoms with Crippen LogP contribution in [0.5, 0.6) is 0 Å². The highest BCUT2D eigenvalue weighted by Crippen LogP contribution is 2.30. The summed E-state index contributed by atoms with van der Waals surface area (Å²) >= 11 is 0. The van der Waals surface area contributed by atoms with Crippen molar-refractivity contribution in [2.24, 2.45) is 0 Å². The van der Waals surface area contributed by atoms with E-state index in [4.69, 9.17) is 9.47 Å². The van der Waals surface area contributed by atoms with Crippen LogP contribution in [0.25, 0.3) is 0 Å². The first kappa shape index (κ1) is 14.4. The number of halogens is 1. The zero-order valence-electron chi connectivity index (χ0n) is 12.0. The van der Waals surface area contributed by atoms with Gasteiger partial charge in [0.05, 0.1) is 19.7 Å². The van der Waals surface area contributed by atoms with Crippen molar-refractivity contribution in [2.75, 3.05) is 33.4 Å². The molecule has 2 saturated heterocycles. The average Bonchev–Trinajstić information content (AvgIpc) is 3.09. The average molecular weight is 294 g/mol. The van der Waals surface area contributed by atoms with Crippen molar-refractivity contribution in [1.29, 1.82) is 0 Å². The predicted molar refractivity (Wildman–Crippen MR) is 74.0 cm³/mol. The lowest BCUT2D eigenvalue weighted by atomic mass is 10.0. The predicted octanol–water partition coefficient (Wildman–Crippen LogP) is 1.06. The Morgan fingerprint density at radius 3 is 3.00 bits per heavy atom. The van der Waals surface area contributed by atoms with Gasteiger partial charge in [0.2, 0.25) is 5.91 Å². The van der Waals surface area contributed by atoms with Crippen molar-refractivity contribution in [1.82, 2.24) is 10.2 Å². The van der Waals surface area contributed by atoms with Crippen LogP contribution in [-0.2, 0) is 14.3 Å². The van der Waals surface area contributed by atoms with Gasteiger partial charge in [-0.15, -0.1) is 0 Å². The summed E-state index contributed by atoms with van der Waals surface area (Å²) in [6.07, 6.45) is 0.281. The van der Waals surface area contributed by atoms with E-state index in [0.29, 0.717) is 25.3 Å². The fraction of sp³-hybridized carbons (Fsp3) is 0.533. The van der Waals surface area contributed by atoms with Gasteiger partial charge >= 0.3 is 0 Å². The van der Waals surface area contributed by atoms with Crippen LogP contribution in [0, 0.1) is 5.82 Å². The summed E-state index contributed by atoms with van der Waals surface area (Å²) in [5.41, 5.74) is -0.0147. The van der Waals surface area contributed by atoms with E-state index in [1.54, 1.807) is 30.2 Å². The molecule has 0 saturated carbocycles. The third-order valence-electron chi connectivity index (χ3n) is 4.24. The number of carbonyl (C=O) groups is 1. The molecule has 2 aliphatic heterocycles. The molecule has 3 rings (SSSR count). The first-order chi connectivity index (χ1) is 10.2. The molecule has 6 heteroatoms. The number of hydrogen-bond donors (Lipinski definition) is 1. The van der Waals surface area contributed by atoms with Crippen LogP contribution in [0.15, 0.2) is 24.3 Å². The Morgan fingerprint density at radius 2 is 2.33 bits per heavy atom. The highest BCUT2D eigenvalue weighted by Gasteiger charge is 2.42. The Kier molecular flexibility index (Phi) is 3.93. The zero-order chi connectivity index (χ0) is 14.9. The molecule has 1 aromatic carbocycles. The second kappa shape index (κ2) is 5.71. The SMILES string of the molecule is COC1(CN2C(=O)CNC2c2ccccc2F)CCOC1. The Hall–Kier alpha value is -1.50. The second-order valence-electron chi connectivity index (χ2n) is 5.52. The fourth-order valence-corrected chi connectivity index (χ4v) is 2.94. The Labute approximate surface area is 123 Å².